The number of hydrogen-bond acceptors (Lipinski definition) is 3. The molecule has 0 saturated carbocycles. The molecule has 1 unspecified atom stereocenters. The van der Waals surface area contributed by atoms with Gasteiger partial charge >= 0.3 is 0 Å². The molecule has 0 aliphatic rings. The van der Waals surface area contributed by atoms with Crippen LogP contribution in [0.1, 0.15) is 17.3 Å². The van der Waals surface area contributed by atoms with Crippen molar-refractivity contribution in [2.75, 3.05) is 18.6 Å². The van der Waals surface area contributed by atoms with E-state index in [9.17, 15) is 9.00 Å². The maximum absolute atomic E-state index is 11.6. The van der Waals surface area contributed by atoms with Gasteiger partial charge in [-0.1, -0.05) is 19.1 Å². The SMILES string of the molecule is CCS(=O)CC(=O)c1cccc(OC)c1. The van der Waals surface area contributed by atoms with Crippen molar-refractivity contribution in [1.29, 1.82) is 0 Å². The molecule has 0 aromatic heterocycles. The van der Waals surface area contributed by atoms with Gasteiger partial charge in [0.1, 0.15) is 5.75 Å². The van der Waals surface area contributed by atoms with Crippen molar-refractivity contribution in [1.82, 2.24) is 0 Å². The summed E-state index contributed by atoms with van der Waals surface area (Å²) >= 11 is 0. The zero-order valence-electron chi connectivity index (χ0n) is 8.86. The number of benzene rings is 1. The average molecular weight is 226 g/mol. The number of hydrogen-bond donors (Lipinski definition) is 0. The van der Waals surface area contributed by atoms with Crippen LogP contribution in [0.3, 0.4) is 0 Å². The molecular formula is C11H14O3S. The van der Waals surface area contributed by atoms with Crippen LogP contribution in [0.2, 0.25) is 0 Å². The van der Waals surface area contributed by atoms with Gasteiger partial charge in [0.15, 0.2) is 5.78 Å². The Morgan fingerprint density at radius 2 is 2.20 bits per heavy atom. The zero-order chi connectivity index (χ0) is 11.3. The molecule has 0 saturated heterocycles. The summed E-state index contributed by atoms with van der Waals surface area (Å²) in [5.41, 5.74) is 0.552. The Balaban J connectivity index is 2.77. The lowest BCUT2D eigenvalue weighted by atomic mass is 10.1. The monoisotopic (exact) mass is 226 g/mol. The van der Waals surface area contributed by atoms with Gasteiger partial charge in [-0.25, -0.2) is 0 Å². The largest absolute Gasteiger partial charge is 0.497 e. The average Bonchev–Trinajstić information content (AvgIpc) is 2.28. The minimum atomic E-state index is -1.06. The third-order valence-corrected chi connectivity index (χ3v) is 3.23. The molecule has 1 aromatic carbocycles. The molecule has 0 aliphatic heterocycles. The molecule has 4 heteroatoms. The van der Waals surface area contributed by atoms with Crippen LogP contribution in [0.5, 0.6) is 5.75 Å². The van der Waals surface area contributed by atoms with E-state index in [-0.39, 0.29) is 11.5 Å². The summed E-state index contributed by atoms with van der Waals surface area (Å²) in [6, 6.07) is 6.89. The topological polar surface area (TPSA) is 43.4 Å². The molecule has 0 aliphatic carbocycles. The van der Waals surface area contributed by atoms with E-state index >= 15 is 0 Å². The zero-order valence-corrected chi connectivity index (χ0v) is 9.67. The number of ether oxygens (including phenoxy) is 1. The Morgan fingerprint density at radius 1 is 1.47 bits per heavy atom. The summed E-state index contributed by atoms with van der Waals surface area (Å²) in [5.74, 6) is 1.14. The summed E-state index contributed by atoms with van der Waals surface area (Å²) in [5, 5.41) is 0. The fourth-order valence-electron chi connectivity index (χ4n) is 1.13. The second-order valence-corrected chi connectivity index (χ2v) is 4.77. The van der Waals surface area contributed by atoms with E-state index in [1.54, 1.807) is 38.3 Å². The number of carbonyl (C=O) groups is 1. The number of ketones is 1. The van der Waals surface area contributed by atoms with Crippen molar-refractivity contribution in [3.63, 3.8) is 0 Å². The smallest absolute Gasteiger partial charge is 0.175 e. The minimum absolute atomic E-state index is 0.0870. The van der Waals surface area contributed by atoms with Crippen molar-refractivity contribution in [3.05, 3.63) is 29.8 Å². The Morgan fingerprint density at radius 3 is 2.80 bits per heavy atom. The fourth-order valence-corrected chi connectivity index (χ4v) is 1.79. The molecule has 1 atom stereocenters. The summed E-state index contributed by atoms with van der Waals surface area (Å²) in [4.78, 5) is 11.6. The Bertz CT molecular complexity index is 374. The fraction of sp³-hybridized carbons (Fsp3) is 0.364. The number of rotatable bonds is 5. The number of methoxy groups -OCH3 is 1. The highest BCUT2D eigenvalue weighted by Crippen LogP contribution is 2.13. The lowest BCUT2D eigenvalue weighted by Gasteiger charge is -2.03. The van der Waals surface area contributed by atoms with Gasteiger partial charge < -0.3 is 4.74 Å². The van der Waals surface area contributed by atoms with Crippen LogP contribution in [0.15, 0.2) is 24.3 Å². The lowest BCUT2D eigenvalue weighted by molar-refractivity contribution is 0.102. The summed E-state index contributed by atoms with van der Waals surface area (Å²) in [7, 11) is 0.493. The van der Waals surface area contributed by atoms with Crippen molar-refractivity contribution in [2.24, 2.45) is 0 Å². The van der Waals surface area contributed by atoms with Crippen molar-refractivity contribution in [2.45, 2.75) is 6.92 Å². The maximum atomic E-state index is 11.6. The van der Waals surface area contributed by atoms with Crippen LogP contribution in [0, 0.1) is 0 Å². The van der Waals surface area contributed by atoms with Gasteiger partial charge in [-0.2, -0.15) is 0 Å². The Hall–Kier alpha value is -1.16. The predicted molar refractivity (Wildman–Crippen MR) is 60.9 cm³/mol. The van der Waals surface area contributed by atoms with E-state index in [1.807, 2.05) is 0 Å². The van der Waals surface area contributed by atoms with Crippen LogP contribution < -0.4 is 4.74 Å². The van der Waals surface area contributed by atoms with E-state index in [2.05, 4.69) is 0 Å². The van der Waals surface area contributed by atoms with Crippen LogP contribution in [-0.4, -0.2) is 28.6 Å². The van der Waals surface area contributed by atoms with Gasteiger partial charge in [0.25, 0.3) is 0 Å². The molecule has 0 spiro atoms. The minimum Gasteiger partial charge on any atom is -0.497 e. The molecule has 1 aromatic rings. The predicted octanol–water partition coefficient (Wildman–Crippen LogP) is 1.65. The molecular weight excluding hydrogens is 212 g/mol. The van der Waals surface area contributed by atoms with Crippen molar-refractivity contribution < 1.29 is 13.7 Å². The van der Waals surface area contributed by atoms with E-state index < -0.39 is 10.8 Å². The highest BCUT2D eigenvalue weighted by molar-refractivity contribution is 7.85. The third-order valence-electron chi connectivity index (χ3n) is 2.01. The van der Waals surface area contributed by atoms with Gasteiger partial charge in [0, 0.05) is 22.1 Å². The molecule has 0 bridgehead atoms. The molecule has 0 fully saturated rings. The van der Waals surface area contributed by atoms with Gasteiger partial charge in [-0.15, -0.1) is 0 Å². The molecule has 15 heavy (non-hydrogen) atoms. The van der Waals surface area contributed by atoms with Gasteiger partial charge in [0.2, 0.25) is 0 Å². The van der Waals surface area contributed by atoms with E-state index in [4.69, 9.17) is 4.74 Å². The highest BCUT2D eigenvalue weighted by Gasteiger charge is 2.09. The maximum Gasteiger partial charge on any atom is 0.175 e. The second-order valence-electron chi connectivity index (χ2n) is 3.03. The number of carbonyl (C=O) groups excluding carboxylic acids is 1. The summed E-state index contributed by atoms with van der Waals surface area (Å²) in [6.07, 6.45) is 0. The molecule has 0 radical (unpaired) electrons. The van der Waals surface area contributed by atoms with Crippen molar-refractivity contribution >= 4 is 16.6 Å². The van der Waals surface area contributed by atoms with Crippen molar-refractivity contribution in [3.8, 4) is 5.75 Å². The van der Waals surface area contributed by atoms with E-state index in [1.165, 1.54) is 0 Å². The molecule has 3 nitrogen and oxygen atoms in total. The molecule has 0 heterocycles. The van der Waals surface area contributed by atoms with Crippen LogP contribution in [0.4, 0.5) is 0 Å². The number of Topliss-reactive ketones (excluding diaryl/α,β-unsaturated/α-hetero) is 1. The van der Waals surface area contributed by atoms with Crippen LogP contribution in [0.25, 0.3) is 0 Å². The molecule has 1 rings (SSSR count). The van der Waals surface area contributed by atoms with Gasteiger partial charge in [0.05, 0.1) is 12.9 Å². The van der Waals surface area contributed by atoms with E-state index in [0.717, 1.165) is 0 Å². The quantitative estimate of drug-likeness (QED) is 0.717. The first kappa shape index (κ1) is 11.9. The third kappa shape index (κ3) is 3.47. The molecule has 0 N–H and O–H groups in total. The first-order chi connectivity index (χ1) is 7.17. The summed E-state index contributed by atoms with van der Waals surface area (Å²) < 4.78 is 16.2. The molecule has 0 amide bonds. The Kier molecular flexibility index (Phi) is 4.49. The van der Waals surface area contributed by atoms with Gasteiger partial charge in [-0.05, 0) is 12.1 Å². The Labute approximate surface area is 91.9 Å². The molecule has 82 valence electrons. The first-order valence-electron chi connectivity index (χ1n) is 4.69. The highest BCUT2D eigenvalue weighted by atomic mass is 32.2. The first-order valence-corrected chi connectivity index (χ1v) is 6.18. The van der Waals surface area contributed by atoms with Crippen LogP contribution in [-0.2, 0) is 10.8 Å². The second kappa shape index (κ2) is 5.66. The lowest BCUT2D eigenvalue weighted by Crippen LogP contribution is -2.12. The van der Waals surface area contributed by atoms with Crippen LogP contribution >= 0.6 is 0 Å². The normalized spacial score (nSPS) is 12.1. The standard InChI is InChI=1S/C11H14O3S/c1-3-15(13)8-11(12)9-5-4-6-10(7-9)14-2/h4-7H,3,8H2,1-2H3. The summed E-state index contributed by atoms with van der Waals surface area (Å²) in [6.45, 7) is 1.80. The van der Waals surface area contributed by atoms with E-state index in [0.29, 0.717) is 17.1 Å². The van der Waals surface area contributed by atoms with Gasteiger partial charge in [-0.3, -0.25) is 9.00 Å².